The predicted octanol–water partition coefficient (Wildman–Crippen LogP) is 4.06. The Bertz CT molecular complexity index is 496. The lowest BCUT2D eigenvalue weighted by atomic mass is 9.98. The molecule has 3 rings (SSSR count). The zero-order valence-electron chi connectivity index (χ0n) is 11.8. The maximum absolute atomic E-state index is 9.02. The van der Waals surface area contributed by atoms with Crippen LogP contribution in [0.1, 0.15) is 50.5 Å². The van der Waals surface area contributed by atoms with Gasteiger partial charge in [-0.3, -0.25) is 0 Å². The summed E-state index contributed by atoms with van der Waals surface area (Å²) in [6.07, 6.45) is 8.90. The van der Waals surface area contributed by atoms with E-state index in [1.807, 2.05) is 12.1 Å². The maximum atomic E-state index is 9.02. The third kappa shape index (κ3) is 3.45. The molecule has 2 saturated carbocycles. The molecule has 0 aromatic heterocycles. The van der Waals surface area contributed by atoms with E-state index in [-0.39, 0.29) is 0 Å². The van der Waals surface area contributed by atoms with E-state index < -0.39 is 0 Å². The van der Waals surface area contributed by atoms with E-state index in [1.165, 1.54) is 32.1 Å². The molecular formula is C17H21NO2. The molecule has 1 aromatic rings. The first kappa shape index (κ1) is 13.3. The maximum Gasteiger partial charge on any atom is 0.162 e. The molecule has 0 aliphatic heterocycles. The average molecular weight is 271 g/mol. The quantitative estimate of drug-likeness (QED) is 0.811. The van der Waals surface area contributed by atoms with Gasteiger partial charge in [-0.05, 0) is 56.6 Å². The van der Waals surface area contributed by atoms with Crippen molar-refractivity contribution >= 4 is 0 Å². The Morgan fingerprint density at radius 1 is 1.05 bits per heavy atom. The van der Waals surface area contributed by atoms with Crippen LogP contribution in [0.5, 0.6) is 11.5 Å². The van der Waals surface area contributed by atoms with Crippen LogP contribution in [-0.4, -0.2) is 12.7 Å². The van der Waals surface area contributed by atoms with Crippen molar-refractivity contribution in [3.05, 3.63) is 23.8 Å². The molecular weight excluding hydrogens is 250 g/mol. The molecule has 0 N–H and O–H groups in total. The van der Waals surface area contributed by atoms with Crippen molar-refractivity contribution in [3.8, 4) is 17.6 Å². The molecule has 2 aliphatic carbocycles. The van der Waals surface area contributed by atoms with Crippen LogP contribution in [0.3, 0.4) is 0 Å². The highest BCUT2D eigenvalue weighted by Crippen LogP contribution is 2.35. The topological polar surface area (TPSA) is 42.2 Å². The predicted molar refractivity (Wildman–Crippen MR) is 76.9 cm³/mol. The van der Waals surface area contributed by atoms with Crippen LogP contribution in [-0.2, 0) is 0 Å². The van der Waals surface area contributed by atoms with E-state index in [0.717, 1.165) is 30.9 Å². The Balaban J connectivity index is 1.71. The van der Waals surface area contributed by atoms with Crippen LogP contribution in [0, 0.1) is 17.2 Å². The van der Waals surface area contributed by atoms with Crippen LogP contribution in [0.15, 0.2) is 18.2 Å². The van der Waals surface area contributed by atoms with Crippen LogP contribution in [0.2, 0.25) is 0 Å². The van der Waals surface area contributed by atoms with Gasteiger partial charge >= 0.3 is 0 Å². The van der Waals surface area contributed by atoms with Gasteiger partial charge in [-0.1, -0.05) is 6.42 Å². The minimum absolute atomic E-state index is 0.306. The standard InChI is InChI=1S/C17H21NO2/c18-11-14-8-9-16(20-15-4-2-1-3-5-15)17(10-14)19-12-13-6-7-13/h8-10,13,15H,1-7,12H2. The molecule has 0 bridgehead atoms. The van der Waals surface area contributed by atoms with Crippen molar-refractivity contribution < 1.29 is 9.47 Å². The van der Waals surface area contributed by atoms with Crippen LogP contribution < -0.4 is 9.47 Å². The van der Waals surface area contributed by atoms with Gasteiger partial charge < -0.3 is 9.47 Å². The van der Waals surface area contributed by atoms with E-state index in [2.05, 4.69) is 6.07 Å². The second-order valence-corrected chi connectivity index (χ2v) is 5.91. The van der Waals surface area contributed by atoms with Gasteiger partial charge in [-0.25, -0.2) is 0 Å². The van der Waals surface area contributed by atoms with Crippen molar-refractivity contribution in [1.29, 1.82) is 5.26 Å². The summed E-state index contributed by atoms with van der Waals surface area (Å²) in [6.45, 7) is 0.746. The fourth-order valence-electron chi connectivity index (χ4n) is 2.64. The summed E-state index contributed by atoms with van der Waals surface area (Å²) < 4.78 is 12.0. The molecule has 0 unspecified atom stereocenters. The molecule has 3 nitrogen and oxygen atoms in total. The second kappa shape index (κ2) is 6.17. The summed E-state index contributed by atoms with van der Waals surface area (Å²) in [6, 6.07) is 7.66. The summed E-state index contributed by atoms with van der Waals surface area (Å²) in [5.41, 5.74) is 0.631. The number of nitriles is 1. The summed E-state index contributed by atoms with van der Waals surface area (Å²) in [4.78, 5) is 0. The lowest BCUT2D eigenvalue weighted by Gasteiger charge is -2.24. The first-order valence-corrected chi connectivity index (χ1v) is 7.69. The fourth-order valence-corrected chi connectivity index (χ4v) is 2.64. The molecule has 0 atom stereocenters. The highest BCUT2D eigenvalue weighted by Gasteiger charge is 2.23. The molecule has 106 valence electrons. The minimum atomic E-state index is 0.306. The molecule has 0 amide bonds. The molecule has 0 radical (unpaired) electrons. The Labute approximate surface area is 120 Å². The van der Waals surface area contributed by atoms with Crippen molar-refractivity contribution in [1.82, 2.24) is 0 Å². The molecule has 20 heavy (non-hydrogen) atoms. The van der Waals surface area contributed by atoms with Crippen LogP contribution in [0.4, 0.5) is 0 Å². The van der Waals surface area contributed by atoms with Gasteiger partial charge in [-0.15, -0.1) is 0 Å². The summed E-state index contributed by atoms with van der Waals surface area (Å²) in [5, 5.41) is 9.02. The molecule has 0 heterocycles. The Hall–Kier alpha value is -1.69. The van der Waals surface area contributed by atoms with Crippen molar-refractivity contribution in [2.75, 3.05) is 6.61 Å². The van der Waals surface area contributed by atoms with E-state index >= 15 is 0 Å². The lowest BCUT2D eigenvalue weighted by molar-refractivity contribution is 0.146. The highest BCUT2D eigenvalue weighted by atomic mass is 16.5. The average Bonchev–Trinajstić information content (AvgIpc) is 3.31. The third-order valence-corrected chi connectivity index (χ3v) is 4.09. The SMILES string of the molecule is N#Cc1ccc(OC2CCCCC2)c(OCC2CC2)c1. The van der Waals surface area contributed by atoms with Crippen LogP contribution >= 0.6 is 0 Å². The number of rotatable bonds is 5. The van der Waals surface area contributed by atoms with Gasteiger partial charge in [0.25, 0.3) is 0 Å². The normalized spacial score (nSPS) is 19.4. The molecule has 0 spiro atoms. The highest BCUT2D eigenvalue weighted by molar-refractivity contribution is 5.46. The Morgan fingerprint density at radius 3 is 2.55 bits per heavy atom. The van der Waals surface area contributed by atoms with Gasteiger partial charge in [0.1, 0.15) is 0 Å². The monoisotopic (exact) mass is 271 g/mol. The number of hydrogen-bond donors (Lipinski definition) is 0. The van der Waals surface area contributed by atoms with E-state index in [0.29, 0.717) is 17.6 Å². The Kier molecular flexibility index (Phi) is 4.11. The smallest absolute Gasteiger partial charge is 0.162 e. The van der Waals surface area contributed by atoms with Crippen molar-refractivity contribution in [2.45, 2.75) is 51.0 Å². The largest absolute Gasteiger partial charge is 0.489 e. The third-order valence-electron chi connectivity index (χ3n) is 4.09. The Morgan fingerprint density at radius 2 is 1.85 bits per heavy atom. The van der Waals surface area contributed by atoms with E-state index in [1.54, 1.807) is 6.07 Å². The first-order chi connectivity index (χ1) is 9.85. The zero-order valence-corrected chi connectivity index (χ0v) is 11.8. The van der Waals surface area contributed by atoms with Gasteiger partial charge in [-0.2, -0.15) is 5.26 Å². The molecule has 3 heteroatoms. The minimum Gasteiger partial charge on any atom is -0.489 e. The zero-order chi connectivity index (χ0) is 13.8. The molecule has 2 fully saturated rings. The van der Waals surface area contributed by atoms with Gasteiger partial charge in [0, 0.05) is 6.07 Å². The summed E-state index contributed by atoms with van der Waals surface area (Å²) in [5.74, 6) is 2.24. The lowest BCUT2D eigenvalue weighted by Crippen LogP contribution is -2.20. The molecule has 1 aromatic carbocycles. The number of benzene rings is 1. The second-order valence-electron chi connectivity index (χ2n) is 5.91. The van der Waals surface area contributed by atoms with Gasteiger partial charge in [0.2, 0.25) is 0 Å². The van der Waals surface area contributed by atoms with E-state index in [9.17, 15) is 0 Å². The molecule has 2 aliphatic rings. The fraction of sp³-hybridized carbons (Fsp3) is 0.588. The number of ether oxygens (including phenoxy) is 2. The summed E-state index contributed by atoms with van der Waals surface area (Å²) in [7, 11) is 0. The van der Waals surface area contributed by atoms with Gasteiger partial charge in [0.15, 0.2) is 11.5 Å². The van der Waals surface area contributed by atoms with Crippen molar-refractivity contribution in [2.24, 2.45) is 5.92 Å². The van der Waals surface area contributed by atoms with Crippen LogP contribution in [0.25, 0.3) is 0 Å². The molecule has 0 saturated heterocycles. The van der Waals surface area contributed by atoms with Gasteiger partial charge in [0.05, 0.1) is 24.3 Å². The first-order valence-electron chi connectivity index (χ1n) is 7.69. The summed E-state index contributed by atoms with van der Waals surface area (Å²) >= 11 is 0. The van der Waals surface area contributed by atoms with E-state index in [4.69, 9.17) is 14.7 Å². The number of hydrogen-bond acceptors (Lipinski definition) is 3. The number of nitrogens with zero attached hydrogens (tertiary/aromatic N) is 1. The van der Waals surface area contributed by atoms with Crippen molar-refractivity contribution in [3.63, 3.8) is 0 Å².